The molecule has 0 atom stereocenters. The van der Waals surface area contributed by atoms with Crippen LogP contribution in [0.4, 0.5) is 26.3 Å². The van der Waals surface area contributed by atoms with Crippen LogP contribution in [0.5, 0.6) is 0 Å². The number of rotatable bonds is 6. The van der Waals surface area contributed by atoms with E-state index in [9.17, 15) is 31.1 Å². The lowest BCUT2D eigenvalue weighted by Crippen LogP contribution is -2.28. The lowest BCUT2D eigenvalue weighted by Gasteiger charge is -2.22. The topological polar surface area (TPSA) is 164 Å². The minimum Gasteiger partial charge on any atom is -0.475 e. The number of carboxylic acid groups (broad SMARTS) is 2. The van der Waals surface area contributed by atoms with Crippen LogP contribution in [0.1, 0.15) is 35.7 Å². The van der Waals surface area contributed by atoms with Gasteiger partial charge in [0.25, 0.3) is 5.56 Å². The third-order valence-electron chi connectivity index (χ3n) is 5.68. The first-order chi connectivity index (χ1) is 19.6. The number of halogens is 6. The third-order valence-corrected chi connectivity index (χ3v) is 5.68. The second-order valence-corrected chi connectivity index (χ2v) is 9.10. The fraction of sp³-hybridized carbons (Fsp3) is 0.400. The Kier molecular flexibility index (Phi) is 12.2. The van der Waals surface area contributed by atoms with E-state index in [1.165, 1.54) is 5.56 Å². The number of aromatic nitrogens is 4. The van der Waals surface area contributed by atoms with Gasteiger partial charge in [-0.15, -0.1) is 0 Å². The van der Waals surface area contributed by atoms with E-state index in [0.717, 1.165) is 56.0 Å². The van der Waals surface area contributed by atoms with Crippen LogP contribution in [0.3, 0.4) is 0 Å². The number of aromatic amines is 2. The average molecular weight is 607 g/mol. The summed E-state index contributed by atoms with van der Waals surface area (Å²) in [6.07, 6.45) is -6.35. The highest BCUT2D eigenvalue weighted by Crippen LogP contribution is 2.24. The Bertz CT molecular complexity index is 1310. The average Bonchev–Trinajstić information content (AvgIpc) is 3.42. The van der Waals surface area contributed by atoms with Crippen molar-refractivity contribution in [3.05, 3.63) is 69.9 Å². The Balaban J connectivity index is 0.000000367. The summed E-state index contributed by atoms with van der Waals surface area (Å²) < 4.78 is 63.5. The van der Waals surface area contributed by atoms with Crippen LogP contribution in [-0.2, 0) is 22.7 Å². The lowest BCUT2D eigenvalue weighted by atomic mass is 9.94. The Labute approximate surface area is 234 Å². The fourth-order valence-electron chi connectivity index (χ4n) is 3.74. The Morgan fingerprint density at radius 2 is 1.50 bits per heavy atom. The maximum Gasteiger partial charge on any atom is 0.490 e. The second-order valence-electron chi connectivity index (χ2n) is 9.10. The number of carbonyl (C=O) groups is 2. The molecule has 2 aromatic heterocycles. The van der Waals surface area contributed by atoms with Gasteiger partial charge in [0.05, 0.1) is 5.69 Å². The number of piperidine rings is 1. The molecule has 0 bridgehead atoms. The first-order valence-corrected chi connectivity index (χ1v) is 12.2. The molecule has 1 saturated heterocycles. The number of hydrogen-bond donors (Lipinski definition) is 5. The molecule has 1 fully saturated rings. The Morgan fingerprint density at radius 3 is 1.98 bits per heavy atom. The molecule has 0 unspecified atom stereocenters. The molecule has 4 rings (SSSR count). The number of nitrogens with zero attached hydrogens (tertiary/aromatic N) is 3. The maximum atomic E-state index is 12.2. The zero-order valence-corrected chi connectivity index (χ0v) is 22.1. The van der Waals surface area contributed by atoms with E-state index in [0.29, 0.717) is 11.7 Å². The highest BCUT2D eigenvalue weighted by Gasteiger charge is 2.38. The molecule has 1 aliphatic heterocycles. The molecule has 0 saturated carbocycles. The van der Waals surface area contributed by atoms with E-state index in [1.54, 1.807) is 12.3 Å². The van der Waals surface area contributed by atoms with Gasteiger partial charge in [0.2, 0.25) is 0 Å². The largest absolute Gasteiger partial charge is 0.490 e. The van der Waals surface area contributed by atoms with Crippen LogP contribution in [-0.4, -0.2) is 79.7 Å². The van der Waals surface area contributed by atoms with Gasteiger partial charge in [-0.1, -0.05) is 24.3 Å². The standard InChI is InChI=1S/C21H26N6O.2C2HF3O2/c1-27(14-18-8-11-23-26-18)13-15-2-4-17(5-3-15)21-24-19(12-20(28)25-21)16-6-9-22-10-7-16;2*3-2(4,5)1(6)7/h2-5,8,11-12,16,22H,6-7,9-10,13-14H2,1H3,(H,23,26)(H,24,25,28);2*(H,6,7). The number of H-pyrrole nitrogens is 2. The summed E-state index contributed by atoms with van der Waals surface area (Å²) in [6, 6.07) is 11.9. The molecule has 17 heteroatoms. The van der Waals surface area contributed by atoms with Crippen molar-refractivity contribution in [2.45, 2.75) is 44.2 Å². The van der Waals surface area contributed by atoms with Gasteiger partial charge in [-0.25, -0.2) is 14.6 Å². The predicted molar refractivity (Wildman–Crippen MR) is 136 cm³/mol. The van der Waals surface area contributed by atoms with Crippen molar-refractivity contribution in [1.82, 2.24) is 30.4 Å². The van der Waals surface area contributed by atoms with Crippen molar-refractivity contribution in [2.24, 2.45) is 0 Å². The van der Waals surface area contributed by atoms with E-state index >= 15 is 0 Å². The summed E-state index contributed by atoms with van der Waals surface area (Å²) >= 11 is 0. The Hall–Kier alpha value is -4.25. The molecule has 1 aromatic carbocycles. The van der Waals surface area contributed by atoms with Crippen molar-refractivity contribution >= 4 is 11.9 Å². The summed E-state index contributed by atoms with van der Waals surface area (Å²) in [4.78, 5) is 39.8. The van der Waals surface area contributed by atoms with Gasteiger partial charge in [0.1, 0.15) is 5.82 Å². The number of carboxylic acids is 2. The van der Waals surface area contributed by atoms with Crippen molar-refractivity contribution in [2.75, 3.05) is 20.1 Å². The minimum absolute atomic E-state index is 0.0816. The zero-order chi connectivity index (χ0) is 31.5. The number of aliphatic carboxylic acids is 2. The van der Waals surface area contributed by atoms with Crippen molar-refractivity contribution in [3.63, 3.8) is 0 Å². The minimum atomic E-state index is -5.08. The molecule has 1 aliphatic rings. The lowest BCUT2D eigenvalue weighted by molar-refractivity contribution is -0.193. The molecule has 11 nitrogen and oxygen atoms in total. The fourth-order valence-corrected chi connectivity index (χ4v) is 3.74. The van der Waals surface area contributed by atoms with Gasteiger partial charge in [0.15, 0.2) is 0 Å². The third kappa shape index (κ3) is 11.7. The van der Waals surface area contributed by atoms with Crippen LogP contribution < -0.4 is 10.9 Å². The van der Waals surface area contributed by atoms with Gasteiger partial charge >= 0.3 is 24.3 Å². The highest BCUT2D eigenvalue weighted by molar-refractivity contribution is 5.73. The van der Waals surface area contributed by atoms with Gasteiger partial charge in [-0.05, 0) is 44.6 Å². The molecule has 3 heterocycles. The van der Waals surface area contributed by atoms with Gasteiger partial charge in [0, 0.05) is 42.5 Å². The van der Waals surface area contributed by atoms with Crippen LogP contribution in [0, 0.1) is 0 Å². The van der Waals surface area contributed by atoms with Crippen molar-refractivity contribution in [1.29, 1.82) is 0 Å². The molecule has 0 radical (unpaired) electrons. The van der Waals surface area contributed by atoms with E-state index in [2.05, 4.69) is 44.6 Å². The number of benzene rings is 1. The first kappa shape index (κ1) is 34.0. The normalized spacial score (nSPS) is 13.9. The molecule has 5 N–H and O–H groups in total. The Morgan fingerprint density at radius 1 is 0.952 bits per heavy atom. The molecular weight excluding hydrogens is 578 g/mol. The molecule has 0 spiro atoms. The molecule has 42 heavy (non-hydrogen) atoms. The van der Waals surface area contributed by atoms with Crippen LogP contribution in [0.15, 0.2) is 47.4 Å². The summed E-state index contributed by atoms with van der Waals surface area (Å²) in [6.45, 7) is 3.61. The van der Waals surface area contributed by atoms with Gasteiger partial charge in [-0.3, -0.25) is 14.8 Å². The van der Waals surface area contributed by atoms with E-state index in [-0.39, 0.29) is 5.56 Å². The van der Waals surface area contributed by atoms with Gasteiger partial charge in [-0.2, -0.15) is 31.4 Å². The monoisotopic (exact) mass is 606 g/mol. The molecule has 0 aliphatic carbocycles. The van der Waals surface area contributed by atoms with Gasteiger partial charge < -0.3 is 20.5 Å². The summed E-state index contributed by atoms with van der Waals surface area (Å²) in [5.41, 5.74) is 4.07. The summed E-state index contributed by atoms with van der Waals surface area (Å²) in [5.74, 6) is -4.50. The predicted octanol–water partition coefficient (Wildman–Crippen LogP) is 3.53. The molecule has 0 amide bonds. The molecule has 3 aromatic rings. The summed E-state index contributed by atoms with van der Waals surface area (Å²) in [7, 11) is 2.08. The molecular formula is C25H28F6N6O5. The quantitative estimate of drug-likeness (QED) is 0.264. The van der Waals surface area contributed by atoms with Crippen LogP contribution >= 0.6 is 0 Å². The van der Waals surface area contributed by atoms with Crippen molar-refractivity contribution in [3.8, 4) is 11.4 Å². The number of alkyl halides is 6. The van der Waals surface area contributed by atoms with Crippen LogP contribution in [0.25, 0.3) is 11.4 Å². The van der Waals surface area contributed by atoms with Crippen LogP contribution in [0.2, 0.25) is 0 Å². The van der Waals surface area contributed by atoms with E-state index < -0.39 is 24.3 Å². The second kappa shape index (κ2) is 15.1. The SMILES string of the molecule is CN(Cc1ccc(-c2nc(C3CCNCC3)cc(=O)[nH]2)cc1)Cc1ccn[nH]1.O=C(O)C(F)(F)F.O=C(O)C(F)(F)F. The number of nitrogens with one attached hydrogen (secondary N) is 3. The van der Waals surface area contributed by atoms with E-state index in [1.807, 2.05) is 18.2 Å². The summed E-state index contributed by atoms with van der Waals surface area (Å²) in [5, 5.41) is 24.6. The highest BCUT2D eigenvalue weighted by atomic mass is 19.4. The smallest absolute Gasteiger partial charge is 0.475 e. The first-order valence-electron chi connectivity index (χ1n) is 12.2. The maximum absolute atomic E-state index is 12.2. The van der Waals surface area contributed by atoms with E-state index in [4.69, 9.17) is 24.8 Å². The van der Waals surface area contributed by atoms with Crippen molar-refractivity contribution < 1.29 is 46.1 Å². The number of hydrogen-bond acceptors (Lipinski definition) is 7. The molecule has 230 valence electrons. The zero-order valence-electron chi connectivity index (χ0n) is 22.1.